The summed E-state index contributed by atoms with van der Waals surface area (Å²) >= 11 is 0. The van der Waals surface area contributed by atoms with Gasteiger partial charge in [-0.15, -0.1) is 0 Å². The van der Waals surface area contributed by atoms with Crippen molar-refractivity contribution in [1.82, 2.24) is 0 Å². The van der Waals surface area contributed by atoms with Gasteiger partial charge in [0, 0.05) is 12.1 Å². The van der Waals surface area contributed by atoms with Crippen LogP contribution in [0.1, 0.15) is 49.4 Å². The highest BCUT2D eigenvalue weighted by molar-refractivity contribution is 5.94. The molecule has 1 saturated carbocycles. The van der Waals surface area contributed by atoms with Gasteiger partial charge < -0.3 is 16.8 Å². The van der Waals surface area contributed by atoms with Crippen molar-refractivity contribution < 1.29 is 4.79 Å². The van der Waals surface area contributed by atoms with Gasteiger partial charge in [0.25, 0.3) is 0 Å². The van der Waals surface area contributed by atoms with Gasteiger partial charge in [0.2, 0.25) is 5.91 Å². The van der Waals surface area contributed by atoms with Crippen LogP contribution in [0, 0.1) is 11.8 Å². The molecule has 1 amide bonds. The van der Waals surface area contributed by atoms with Gasteiger partial charge in [-0.05, 0) is 36.5 Å². The van der Waals surface area contributed by atoms with E-state index < -0.39 is 5.91 Å². The monoisotopic (exact) mass is 275 g/mol. The first kappa shape index (κ1) is 14.7. The number of benzene rings is 1. The molecule has 1 aromatic rings. The summed E-state index contributed by atoms with van der Waals surface area (Å²) in [6.07, 6.45) is 6.60. The summed E-state index contributed by atoms with van der Waals surface area (Å²) in [5.74, 6) is 1.29. The number of anilines is 2. The van der Waals surface area contributed by atoms with Gasteiger partial charge in [0.15, 0.2) is 0 Å². The van der Waals surface area contributed by atoms with Gasteiger partial charge in [0.1, 0.15) is 0 Å². The summed E-state index contributed by atoms with van der Waals surface area (Å²) in [5.41, 5.74) is 13.1. The Bertz CT molecular complexity index is 465. The highest BCUT2D eigenvalue weighted by Crippen LogP contribution is 2.30. The van der Waals surface area contributed by atoms with Crippen LogP contribution in [0.25, 0.3) is 0 Å². The Labute approximate surface area is 120 Å². The molecule has 4 nitrogen and oxygen atoms in total. The van der Waals surface area contributed by atoms with Crippen molar-refractivity contribution in [3.05, 3.63) is 23.8 Å². The summed E-state index contributed by atoms with van der Waals surface area (Å²) < 4.78 is 0. The fourth-order valence-corrected chi connectivity index (χ4v) is 2.91. The number of hydrogen-bond donors (Lipinski definition) is 3. The Morgan fingerprint density at radius 1 is 1.30 bits per heavy atom. The molecule has 4 heteroatoms. The first-order chi connectivity index (χ1) is 9.56. The van der Waals surface area contributed by atoms with Crippen LogP contribution in [-0.2, 0) is 0 Å². The standard InChI is InChI=1S/C16H25N3O/c1-11-2-4-12(5-3-11)8-9-19-15-7-6-13(16(18)20)10-14(15)17/h6-7,10-12,19H,2-5,8-9,17H2,1H3,(H2,18,20). The zero-order valence-corrected chi connectivity index (χ0v) is 12.2. The number of nitrogen functional groups attached to an aromatic ring is 1. The Morgan fingerprint density at radius 2 is 2.00 bits per heavy atom. The molecule has 2 rings (SSSR count). The third-order valence-corrected chi connectivity index (χ3v) is 4.34. The van der Waals surface area contributed by atoms with Gasteiger partial charge in [-0.25, -0.2) is 0 Å². The van der Waals surface area contributed by atoms with Gasteiger partial charge in [-0.2, -0.15) is 0 Å². The van der Waals surface area contributed by atoms with Crippen LogP contribution in [0.5, 0.6) is 0 Å². The number of amides is 1. The quantitative estimate of drug-likeness (QED) is 0.722. The molecule has 0 spiro atoms. The first-order valence-electron chi connectivity index (χ1n) is 7.49. The van der Waals surface area contributed by atoms with Gasteiger partial charge in [0.05, 0.1) is 11.4 Å². The Hall–Kier alpha value is -1.71. The Kier molecular flexibility index (Phi) is 4.88. The molecule has 5 N–H and O–H groups in total. The average Bonchev–Trinajstić information content (AvgIpc) is 2.42. The normalized spacial score (nSPS) is 22.4. The maximum Gasteiger partial charge on any atom is 0.248 e. The molecule has 0 saturated heterocycles. The van der Waals surface area contributed by atoms with Crippen LogP contribution in [-0.4, -0.2) is 12.5 Å². The lowest BCUT2D eigenvalue weighted by Crippen LogP contribution is -2.16. The summed E-state index contributed by atoms with van der Waals surface area (Å²) in [5, 5.41) is 3.36. The number of nitrogens with one attached hydrogen (secondary N) is 1. The van der Waals surface area contributed by atoms with E-state index in [1.165, 1.54) is 32.1 Å². The molecule has 0 radical (unpaired) electrons. The molecule has 1 fully saturated rings. The maximum atomic E-state index is 11.1. The van der Waals surface area contributed by atoms with E-state index in [0.717, 1.165) is 24.1 Å². The smallest absolute Gasteiger partial charge is 0.248 e. The fraction of sp³-hybridized carbons (Fsp3) is 0.562. The van der Waals surface area contributed by atoms with Crippen LogP contribution >= 0.6 is 0 Å². The Balaban J connectivity index is 1.81. The summed E-state index contributed by atoms with van der Waals surface area (Å²) in [4.78, 5) is 11.1. The topological polar surface area (TPSA) is 81.1 Å². The Morgan fingerprint density at radius 3 is 2.60 bits per heavy atom. The molecule has 1 aliphatic carbocycles. The van der Waals surface area contributed by atoms with E-state index in [-0.39, 0.29) is 0 Å². The minimum atomic E-state index is -0.445. The van der Waals surface area contributed by atoms with Crippen LogP contribution in [0.2, 0.25) is 0 Å². The summed E-state index contributed by atoms with van der Waals surface area (Å²) in [6, 6.07) is 5.18. The van der Waals surface area contributed by atoms with E-state index >= 15 is 0 Å². The molecule has 1 aromatic carbocycles. The van der Waals surface area contributed by atoms with Crippen molar-refractivity contribution in [2.75, 3.05) is 17.6 Å². The lowest BCUT2D eigenvalue weighted by Gasteiger charge is -2.26. The van der Waals surface area contributed by atoms with Gasteiger partial charge in [-0.1, -0.05) is 32.6 Å². The predicted molar refractivity (Wildman–Crippen MR) is 83.6 cm³/mol. The van der Waals surface area contributed by atoms with E-state index in [9.17, 15) is 4.79 Å². The van der Waals surface area contributed by atoms with Crippen LogP contribution in [0.15, 0.2) is 18.2 Å². The van der Waals surface area contributed by atoms with E-state index in [2.05, 4.69) is 12.2 Å². The molecular formula is C16H25N3O. The number of carbonyl (C=O) groups is 1. The molecule has 0 unspecified atom stereocenters. The second-order valence-corrected chi connectivity index (χ2v) is 6.01. The van der Waals surface area contributed by atoms with E-state index in [4.69, 9.17) is 11.5 Å². The largest absolute Gasteiger partial charge is 0.397 e. The molecule has 0 bridgehead atoms. The van der Waals surface area contributed by atoms with Crippen molar-refractivity contribution in [3.8, 4) is 0 Å². The van der Waals surface area contributed by atoms with Crippen molar-refractivity contribution in [2.45, 2.75) is 39.0 Å². The van der Waals surface area contributed by atoms with Crippen molar-refractivity contribution in [1.29, 1.82) is 0 Å². The minimum Gasteiger partial charge on any atom is -0.397 e. The number of primary amides is 1. The van der Waals surface area contributed by atoms with Crippen LogP contribution < -0.4 is 16.8 Å². The van der Waals surface area contributed by atoms with Crippen molar-refractivity contribution >= 4 is 17.3 Å². The molecule has 110 valence electrons. The summed E-state index contributed by atoms with van der Waals surface area (Å²) in [6.45, 7) is 3.27. The number of hydrogen-bond acceptors (Lipinski definition) is 3. The molecule has 0 aliphatic heterocycles. The molecule has 0 heterocycles. The SMILES string of the molecule is CC1CCC(CCNc2ccc(C(N)=O)cc2N)CC1. The van der Waals surface area contributed by atoms with E-state index in [1.807, 2.05) is 6.07 Å². The van der Waals surface area contributed by atoms with Crippen LogP contribution in [0.3, 0.4) is 0 Å². The average molecular weight is 275 g/mol. The molecule has 1 aliphatic rings. The third-order valence-electron chi connectivity index (χ3n) is 4.34. The fourth-order valence-electron chi connectivity index (χ4n) is 2.91. The van der Waals surface area contributed by atoms with Gasteiger partial charge >= 0.3 is 0 Å². The van der Waals surface area contributed by atoms with Crippen molar-refractivity contribution in [3.63, 3.8) is 0 Å². The van der Waals surface area contributed by atoms with Gasteiger partial charge in [-0.3, -0.25) is 4.79 Å². The maximum absolute atomic E-state index is 11.1. The number of rotatable bonds is 5. The zero-order valence-electron chi connectivity index (χ0n) is 12.2. The third kappa shape index (κ3) is 3.89. The van der Waals surface area contributed by atoms with Crippen molar-refractivity contribution in [2.24, 2.45) is 17.6 Å². The number of nitrogens with two attached hydrogens (primary N) is 2. The lowest BCUT2D eigenvalue weighted by molar-refractivity contribution is 0.100. The lowest BCUT2D eigenvalue weighted by atomic mass is 9.81. The minimum absolute atomic E-state index is 0.445. The first-order valence-corrected chi connectivity index (χ1v) is 7.49. The second-order valence-electron chi connectivity index (χ2n) is 6.01. The highest BCUT2D eigenvalue weighted by Gasteiger charge is 2.17. The molecule has 0 aromatic heterocycles. The highest BCUT2D eigenvalue weighted by atomic mass is 16.1. The summed E-state index contributed by atoms with van der Waals surface area (Å²) in [7, 11) is 0. The van der Waals surface area contributed by atoms with E-state index in [0.29, 0.717) is 11.3 Å². The number of carbonyl (C=O) groups excluding carboxylic acids is 1. The zero-order chi connectivity index (χ0) is 14.5. The second kappa shape index (κ2) is 6.64. The molecular weight excluding hydrogens is 250 g/mol. The molecule has 0 atom stereocenters. The van der Waals surface area contributed by atoms with Crippen LogP contribution in [0.4, 0.5) is 11.4 Å². The van der Waals surface area contributed by atoms with E-state index in [1.54, 1.807) is 12.1 Å². The molecule has 20 heavy (non-hydrogen) atoms. The predicted octanol–water partition coefficient (Wildman–Crippen LogP) is 3.00.